The van der Waals surface area contributed by atoms with Crippen molar-refractivity contribution in [3.05, 3.63) is 52.8 Å². The van der Waals surface area contributed by atoms with E-state index in [9.17, 15) is 22.8 Å². The van der Waals surface area contributed by atoms with Crippen LogP contribution in [0.25, 0.3) is 0 Å². The Morgan fingerprint density at radius 3 is 2.18 bits per heavy atom. The predicted molar refractivity (Wildman–Crippen MR) is 132 cm³/mol. The molecule has 1 aliphatic heterocycles. The summed E-state index contributed by atoms with van der Waals surface area (Å²) in [6, 6.07) is 5.18. The zero-order chi connectivity index (χ0) is 27.0. The van der Waals surface area contributed by atoms with Crippen molar-refractivity contribution in [2.24, 2.45) is 11.3 Å². The molecule has 1 N–H and O–H groups in total. The highest BCUT2D eigenvalue weighted by atomic mass is 19.1. The van der Waals surface area contributed by atoms with E-state index in [2.05, 4.69) is 5.32 Å². The Bertz CT molecular complexity index is 1210. The van der Waals surface area contributed by atoms with E-state index in [1.807, 2.05) is 0 Å². The molecule has 2 amide bonds. The van der Waals surface area contributed by atoms with Crippen molar-refractivity contribution >= 4 is 11.8 Å². The average Bonchev–Trinajstić information content (AvgIpc) is 3.72. The lowest BCUT2D eigenvalue weighted by atomic mass is 9.60. The van der Waals surface area contributed by atoms with Gasteiger partial charge in [-0.25, -0.2) is 13.2 Å². The second kappa shape index (κ2) is 10.4. The lowest BCUT2D eigenvalue weighted by Gasteiger charge is -2.52. The number of ether oxygens (including phenoxy) is 3. The summed E-state index contributed by atoms with van der Waals surface area (Å²) in [5.41, 5.74) is -0.790. The highest BCUT2D eigenvalue weighted by Crippen LogP contribution is 2.49. The molecule has 3 fully saturated rings. The van der Waals surface area contributed by atoms with E-state index in [0.717, 1.165) is 18.9 Å². The van der Waals surface area contributed by atoms with Crippen LogP contribution in [0.15, 0.2) is 24.3 Å². The van der Waals surface area contributed by atoms with Crippen molar-refractivity contribution in [2.45, 2.75) is 44.6 Å². The van der Waals surface area contributed by atoms with Gasteiger partial charge in [-0.3, -0.25) is 9.59 Å². The van der Waals surface area contributed by atoms with Crippen LogP contribution >= 0.6 is 0 Å². The number of carbonyl (C=O) groups excluding carboxylic acids is 2. The summed E-state index contributed by atoms with van der Waals surface area (Å²) < 4.78 is 59.3. The second-order valence-corrected chi connectivity index (χ2v) is 10.6. The number of carbonyl (C=O) groups is 2. The van der Waals surface area contributed by atoms with Gasteiger partial charge >= 0.3 is 0 Å². The number of methoxy groups -OCH3 is 2. The van der Waals surface area contributed by atoms with E-state index in [0.29, 0.717) is 57.0 Å². The van der Waals surface area contributed by atoms with Crippen molar-refractivity contribution in [2.75, 3.05) is 33.9 Å². The number of hydrogen-bond donors (Lipinski definition) is 1. The number of halogens is 3. The SMILES string of the molecule is COc1cc(OC)c(F)c(C(=O)NC2CC3(CCN(C(=O)c4ccc(OCC5CC5)cc4F)CC3)C2)c1F. The predicted octanol–water partition coefficient (Wildman–Crippen LogP) is 4.72. The van der Waals surface area contributed by atoms with Crippen molar-refractivity contribution < 1.29 is 37.0 Å². The molecule has 10 heteroatoms. The van der Waals surface area contributed by atoms with Crippen molar-refractivity contribution in [1.82, 2.24) is 10.2 Å². The molecular formula is C28H31F3N2O5. The maximum Gasteiger partial charge on any atom is 0.257 e. The van der Waals surface area contributed by atoms with Gasteiger partial charge in [-0.15, -0.1) is 0 Å². The fraction of sp³-hybridized carbons (Fsp3) is 0.500. The molecule has 204 valence electrons. The van der Waals surface area contributed by atoms with Crippen LogP contribution in [0.1, 0.15) is 59.2 Å². The Morgan fingerprint density at radius 2 is 1.63 bits per heavy atom. The van der Waals surface area contributed by atoms with E-state index < -0.39 is 28.9 Å². The largest absolute Gasteiger partial charge is 0.494 e. The molecule has 3 aliphatic rings. The first-order valence-corrected chi connectivity index (χ1v) is 12.9. The summed E-state index contributed by atoms with van der Waals surface area (Å²) in [4.78, 5) is 27.3. The summed E-state index contributed by atoms with van der Waals surface area (Å²) in [6.45, 7) is 1.50. The third-order valence-electron chi connectivity index (χ3n) is 7.96. The molecule has 0 bridgehead atoms. The second-order valence-electron chi connectivity index (χ2n) is 10.6. The van der Waals surface area contributed by atoms with E-state index >= 15 is 0 Å². The lowest BCUT2D eigenvalue weighted by Crippen LogP contribution is -2.55. The highest BCUT2D eigenvalue weighted by molar-refractivity contribution is 5.96. The van der Waals surface area contributed by atoms with E-state index in [-0.39, 0.29) is 34.4 Å². The molecule has 0 aromatic heterocycles. The number of piperidine rings is 1. The maximum atomic E-state index is 14.7. The number of hydrogen-bond acceptors (Lipinski definition) is 5. The average molecular weight is 533 g/mol. The number of nitrogens with one attached hydrogen (secondary N) is 1. The Kier molecular flexibility index (Phi) is 7.15. The van der Waals surface area contributed by atoms with Crippen LogP contribution in [0.4, 0.5) is 13.2 Å². The van der Waals surface area contributed by atoms with Crippen LogP contribution in [0.3, 0.4) is 0 Å². The maximum absolute atomic E-state index is 14.7. The Hall–Kier alpha value is -3.43. The summed E-state index contributed by atoms with van der Waals surface area (Å²) >= 11 is 0. The number of nitrogens with zero attached hydrogens (tertiary/aromatic N) is 1. The standard InChI is InChI=1S/C28H31F3N2O5/c1-36-21-12-22(37-2)25(31)23(24(21)30)26(34)32-17-13-28(14-17)7-9-33(10-8-28)27(35)19-6-5-18(11-20(19)29)38-15-16-3-4-16/h5-6,11-12,16-17H,3-4,7-10,13-15H2,1-2H3,(H,32,34). The number of likely N-dealkylation sites (tertiary alicyclic amines) is 1. The van der Waals surface area contributed by atoms with Gasteiger partial charge in [0.15, 0.2) is 23.1 Å². The van der Waals surface area contributed by atoms with Gasteiger partial charge < -0.3 is 24.4 Å². The molecule has 0 radical (unpaired) electrons. The van der Waals surface area contributed by atoms with Crippen LogP contribution in [0, 0.1) is 28.8 Å². The minimum Gasteiger partial charge on any atom is -0.494 e. The molecule has 7 nitrogen and oxygen atoms in total. The summed E-state index contributed by atoms with van der Waals surface area (Å²) in [5, 5.41) is 2.71. The number of benzene rings is 2. The van der Waals surface area contributed by atoms with Gasteiger partial charge in [0, 0.05) is 31.3 Å². The summed E-state index contributed by atoms with van der Waals surface area (Å²) in [7, 11) is 2.44. The number of rotatable bonds is 8. The van der Waals surface area contributed by atoms with Gasteiger partial charge in [0.2, 0.25) is 0 Å². The first-order chi connectivity index (χ1) is 18.2. The zero-order valence-corrected chi connectivity index (χ0v) is 21.5. The van der Waals surface area contributed by atoms with Crippen LogP contribution in [-0.2, 0) is 0 Å². The summed E-state index contributed by atoms with van der Waals surface area (Å²) in [5.74, 6) is -3.58. The first kappa shape index (κ1) is 26.2. The smallest absolute Gasteiger partial charge is 0.257 e. The summed E-state index contributed by atoms with van der Waals surface area (Å²) in [6.07, 6.45) is 4.93. The fourth-order valence-corrected chi connectivity index (χ4v) is 5.45. The van der Waals surface area contributed by atoms with E-state index in [1.165, 1.54) is 26.4 Å². The molecule has 38 heavy (non-hydrogen) atoms. The molecule has 2 aromatic carbocycles. The molecular weight excluding hydrogens is 501 g/mol. The van der Waals surface area contributed by atoms with Crippen LogP contribution < -0.4 is 19.5 Å². The Balaban J connectivity index is 1.14. The molecule has 0 unspecified atom stereocenters. The van der Waals surface area contributed by atoms with Crippen molar-refractivity contribution in [1.29, 1.82) is 0 Å². The van der Waals surface area contributed by atoms with E-state index in [4.69, 9.17) is 14.2 Å². The van der Waals surface area contributed by atoms with E-state index in [1.54, 1.807) is 11.0 Å². The Morgan fingerprint density at radius 1 is 1.00 bits per heavy atom. The topological polar surface area (TPSA) is 77.1 Å². The fourth-order valence-electron chi connectivity index (χ4n) is 5.45. The first-order valence-electron chi connectivity index (χ1n) is 12.9. The van der Waals surface area contributed by atoms with Gasteiger partial charge in [-0.2, -0.15) is 0 Å². The lowest BCUT2D eigenvalue weighted by molar-refractivity contribution is 0.00839. The molecule has 2 aliphatic carbocycles. The number of amides is 2. The van der Waals surface area contributed by atoms with Gasteiger partial charge in [-0.1, -0.05) is 0 Å². The van der Waals surface area contributed by atoms with Crippen LogP contribution in [0.5, 0.6) is 17.2 Å². The van der Waals surface area contributed by atoms with Gasteiger partial charge in [0.1, 0.15) is 17.1 Å². The van der Waals surface area contributed by atoms with Gasteiger partial charge in [-0.05, 0) is 62.0 Å². The minimum absolute atomic E-state index is 0.0243. The van der Waals surface area contributed by atoms with Crippen molar-refractivity contribution in [3.63, 3.8) is 0 Å². The van der Waals surface area contributed by atoms with Crippen LogP contribution in [-0.4, -0.2) is 56.7 Å². The molecule has 2 saturated carbocycles. The molecule has 1 heterocycles. The molecule has 1 spiro atoms. The highest BCUT2D eigenvalue weighted by Gasteiger charge is 2.47. The molecule has 5 rings (SSSR count). The quantitative estimate of drug-likeness (QED) is 0.532. The monoisotopic (exact) mass is 532 g/mol. The molecule has 1 saturated heterocycles. The molecule has 2 aromatic rings. The minimum atomic E-state index is -1.08. The van der Waals surface area contributed by atoms with Crippen LogP contribution in [0.2, 0.25) is 0 Å². The Labute approximate surface area is 219 Å². The third-order valence-corrected chi connectivity index (χ3v) is 7.96. The zero-order valence-electron chi connectivity index (χ0n) is 21.5. The van der Waals surface area contributed by atoms with Gasteiger partial charge in [0.25, 0.3) is 11.8 Å². The van der Waals surface area contributed by atoms with Gasteiger partial charge in [0.05, 0.1) is 26.4 Å². The third kappa shape index (κ3) is 5.13. The molecule has 0 atom stereocenters. The normalized spacial score (nSPS) is 18.6. The van der Waals surface area contributed by atoms with Crippen molar-refractivity contribution in [3.8, 4) is 17.2 Å².